The summed E-state index contributed by atoms with van der Waals surface area (Å²) in [6.45, 7) is 6.92. The molecule has 0 heterocycles. The molecule has 0 saturated heterocycles. The number of hydrogen-bond acceptors (Lipinski definition) is 2. The van der Waals surface area contributed by atoms with E-state index in [9.17, 15) is 5.11 Å². The quantitative estimate of drug-likeness (QED) is 0.441. The number of aliphatic hydroxyl groups is 1. The number of rotatable bonds is 6. The van der Waals surface area contributed by atoms with Gasteiger partial charge in [0.15, 0.2) is 5.96 Å². The second-order valence-electron chi connectivity index (χ2n) is 3.54. The fraction of sp³-hybridized carbons (Fsp3) is 0.900. The maximum Gasteiger partial charge on any atom is 0.189 e. The maximum atomic E-state index is 9.28. The predicted octanol–water partition coefficient (Wildman–Crippen LogP) is 0.852. The van der Waals surface area contributed by atoms with Crippen LogP contribution >= 0.6 is 0 Å². The third-order valence-corrected chi connectivity index (χ3v) is 2.56. The smallest absolute Gasteiger partial charge is 0.189 e. The molecule has 0 spiro atoms. The molecule has 0 bridgehead atoms. The van der Waals surface area contributed by atoms with Gasteiger partial charge < -0.3 is 16.2 Å². The van der Waals surface area contributed by atoms with Crippen molar-refractivity contribution >= 4 is 5.96 Å². The van der Waals surface area contributed by atoms with Crippen LogP contribution in [0.25, 0.3) is 0 Å². The summed E-state index contributed by atoms with van der Waals surface area (Å²) >= 11 is 0. The Morgan fingerprint density at radius 3 is 2.29 bits per heavy atom. The van der Waals surface area contributed by atoms with E-state index < -0.39 is 0 Å². The molecule has 4 heteroatoms. The summed E-state index contributed by atoms with van der Waals surface area (Å²) in [6.07, 6.45) is 2.65. The Labute approximate surface area is 86.6 Å². The lowest BCUT2D eigenvalue weighted by Gasteiger charge is -2.31. The molecule has 0 atom stereocenters. The standard InChI is InChI=1S/C10H23N3O/c1-4-7-12-9(11)13-10(5-2,6-3)8-14/h14H,4-8H2,1-3H3,(H3,11,12,13). The number of aliphatic imine (C=N–C) groups is 1. The zero-order valence-corrected chi connectivity index (χ0v) is 9.51. The average Bonchev–Trinajstić information content (AvgIpc) is 2.23. The molecule has 0 radical (unpaired) electrons. The molecule has 0 aliphatic heterocycles. The van der Waals surface area contributed by atoms with Crippen molar-refractivity contribution < 1.29 is 5.11 Å². The molecule has 0 rings (SSSR count). The minimum Gasteiger partial charge on any atom is -0.394 e. The molecule has 14 heavy (non-hydrogen) atoms. The van der Waals surface area contributed by atoms with Gasteiger partial charge in [0, 0.05) is 6.54 Å². The highest BCUT2D eigenvalue weighted by Gasteiger charge is 2.25. The molecule has 4 nitrogen and oxygen atoms in total. The van der Waals surface area contributed by atoms with Crippen molar-refractivity contribution in [3.8, 4) is 0 Å². The van der Waals surface area contributed by atoms with Crippen LogP contribution in [0.1, 0.15) is 40.0 Å². The van der Waals surface area contributed by atoms with E-state index in [2.05, 4.69) is 17.2 Å². The lowest BCUT2D eigenvalue weighted by Crippen LogP contribution is -2.53. The Kier molecular flexibility index (Phi) is 6.28. The van der Waals surface area contributed by atoms with Crippen LogP contribution in [0.5, 0.6) is 0 Å². The zero-order valence-electron chi connectivity index (χ0n) is 9.51. The highest BCUT2D eigenvalue weighted by molar-refractivity contribution is 5.78. The van der Waals surface area contributed by atoms with Gasteiger partial charge in [-0.25, -0.2) is 0 Å². The van der Waals surface area contributed by atoms with E-state index in [1.54, 1.807) is 0 Å². The summed E-state index contributed by atoms with van der Waals surface area (Å²) < 4.78 is 0. The van der Waals surface area contributed by atoms with E-state index in [0.29, 0.717) is 5.96 Å². The SMILES string of the molecule is CCCN=C(N)NC(CC)(CC)CO. The minimum absolute atomic E-state index is 0.0857. The first-order valence-electron chi connectivity index (χ1n) is 5.33. The summed E-state index contributed by atoms with van der Waals surface area (Å²) in [5.41, 5.74) is 5.40. The summed E-state index contributed by atoms with van der Waals surface area (Å²) in [5, 5.41) is 12.4. The van der Waals surface area contributed by atoms with E-state index in [4.69, 9.17) is 5.73 Å². The normalized spacial score (nSPS) is 13.0. The van der Waals surface area contributed by atoms with E-state index in [-0.39, 0.29) is 12.1 Å². The first-order chi connectivity index (χ1) is 6.64. The first-order valence-corrected chi connectivity index (χ1v) is 5.33. The van der Waals surface area contributed by atoms with Crippen LogP contribution in [0.4, 0.5) is 0 Å². The number of guanidine groups is 1. The van der Waals surface area contributed by atoms with Crippen LogP contribution in [0.2, 0.25) is 0 Å². The lowest BCUT2D eigenvalue weighted by atomic mass is 9.94. The molecule has 0 aliphatic carbocycles. The van der Waals surface area contributed by atoms with Crippen LogP contribution in [0, 0.1) is 0 Å². The molecular formula is C10H23N3O. The van der Waals surface area contributed by atoms with Crippen molar-refractivity contribution in [1.29, 1.82) is 0 Å². The van der Waals surface area contributed by atoms with Crippen molar-refractivity contribution in [3.63, 3.8) is 0 Å². The van der Waals surface area contributed by atoms with Gasteiger partial charge in [-0.15, -0.1) is 0 Å². The van der Waals surface area contributed by atoms with Crippen LogP contribution in [0.3, 0.4) is 0 Å². The summed E-state index contributed by atoms with van der Waals surface area (Å²) in [6, 6.07) is 0. The van der Waals surface area contributed by atoms with Gasteiger partial charge in [-0.2, -0.15) is 0 Å². The minimum atomic E-state index is -0.304. The molecule has 4 N–H and O–H groups in total. The molecule has 0 aromatic carbocycles. The fourth-order valence-electron chi connectivity index (χ4n) is 1.23. The first kappa shape index (κ1) is 13.2. The Balaban J connectivity index is 4.28. The third kappa shape index (κ3) is 3.96. The summed E-state index contributed by atoms with van der Waals surface area (Å²) in [7, 11) is 0. The molecule has 0 aliphatic rings. The number of nitrogens with zero attached hydrogens (tertiary/aromatic N) is 1. The van der Waals surface area contributed by atoms with E-state index >= 15 is 0 Å². The molecule has 0 unspecified atom stereocenters. The fourth-order valence-corrected chi connectivity index (χ4v) is 1.23. The monoisotopic (exact) mass is 201 g/mol. The van der Waals surface area contributed by atoms with Gasteiger partial charge in [0.2, 0.25) is 0 Å². The lowest BCUT2D eigenvalue weighted by molar-refractivity contribution is 0.169. The molecular weight excluding hydrogens is 178 g/mol. The molecule has 0 aromatic heterocycles. The van der Waals surface area contributed by atoms with Crippen molar-refractivity contribution in [2.75, 3.05) is 13.2 Å². The van der Waals surface area contributed by atoms with Crippen molar-refractivity contribution in [2.45, 2.75) is 45.6 Å². The number of nitrogens with two attached hydrogens (primary N) is 1. The molecule has 0 aromatic rings. The van der Waals surface area contributed by atoms with Gasteiger partial charge in [0.25, 0.3) is 0 Å². The number of hydrogen-bond donors (Lipinski definition) is 3. The highest BCUT2D eigenvalue weighted by Crippen LogP contribution is 2.13. The molecule has 84 valence electrons. The van der Waals surface area contributed by atoms with E-state index in [0.717, 1.165) is 25.8 Å². The van der Waals surface area contributed by atoms with Crippen LogP contribution in [0.15, 0.2) is 4.99 Å². The molecule has 0 fully saturated rings. The van der Waals surface area contributed by atoms with Gasteiger partial charge in [0.05, 0.1) is 12.1 Å². The Morgan fingerprint density at radius 2 is 1.93 bits per heavy atom. The maximum absolute atomic E-state index is 9.28. The van der Waals surface area contributed by atoms with Crippen LogP contribution in [-0.2, 0) is 0 Å². The topological polar surface area (TPSA) is 70.6 Å². The number of aliphatic hydroxyl groups excluding tert-OH is 1. The third-order valence-electron chi connectivity index (χ3n) is 2.56. The second kappa shape index (κ2) is 6.65. The van der Waals surface area contributed by atoms with Crippen molar-refractivity contribution in [3.05, 3.63) is 0 Å². The predicted molar refractivity (Wildman–Crippen MR) is 60.3 cm³/mol. The Hall–Kier alpha value is -0.770. The van der Waals surface area contributed by atoms with Gasteiger partial charge >= 0.3 is 0 Å². The highest BCUT2D eigenvalue weighted by atomic mass is 16.3. The number of nitrogens with one attached hydrogen (secondary N) is 1. The van der Waals surface area contributed by atoms with E-state index in [1.165, 1.54) is 0 Å². The van der Waals surface area contributed by atoms with E-state index in [1.807, 2.05) is 13.8 Å². The summed E-state index contributed by atoms with van der Waals surface area (Å²) in [4.78, 5) is 4.14. The Morgan fingerprint density at radius 1 is 1.36 bits per heavy atom. The van der Waals surface area contributed by atoms with Crippen molar-refractivity contribution in [1.82, 2.24) is 5.32 Å². The van der Waals surface area contributed by atoms with Gasteiger partial charge in [-0.05, 0) is 19.3 Å². The summed E-state index contributed by atoms with van der Waals surface area (Å²) in [5.74, 6) is 0.435. The molecule has 0 saturated carbocycles. The Bertz CT molecular complexity index is 168. The second-order valence-corrected chi connectivity index (χ2v) is 3.54. The van der Waals surface area contributed by atoms with Crippen molar-refractivity contribution in [2.24, 2.45) is 10.7 Å². The van der Waals surface area contributed by atoms with Gasteiger partial charge in [-0.3, -0.25) is 4.99 Å². The van der Waals surface area contributed by atoms with Gasteiger partial charge in [-0.1, -0.05) is 20.8 Å². The van der Waals surface area contributed by atoms with Crippen LogP contribution in [-0.4, -0.2) is 29.8 Å². The van der Waals surface area contributed by atoms with Crippen LogP contribution < -0.4 is 11.1 Å². The largest absolute Gasteiger partial charge is 0.394 e. The zero-order chi connectivity index (χ0) is 11.0. The molecule has 0 amide bonds. The van der Waals surface area contributed by atoms with Gasteiger partial charge in [0.1, 0.15) is 0 Å². The average molecular weight is 201 g/mol.